The summed E-state index contributed by atoms with van der Waals surface area (Å²) in [7, 11) is 1.48. The van der Waals surface area contributed by atoms with E-state index in [1.807, 2.05) is 31.2 Å². The number of ether oxygens (including phenoxy) is 1. The summed E-state index contributed by atoms with van der Waals surface area (Å²) in [5.74, 6) is -0.790. The molecule has 2 aromatic rings. The second-order valence-corrected chi connectivity index (χ2v) is 7.77. The number of aryl methyl sites for hydroxylation is 1. The van der Waals surface area contributed by atoms with Crippen LogP contribution >= 0.6 is 0 Å². The molecule has 1 aliphatic rings. The van der Waals surface area contributed by atoms with Crippen molar-refractivity contribution >= 4 is 35.0 Å². The van der Waals surface area contributed by atoms with Gasteiger partial charge in [0.1, 0.15) is 5.75 Å². The second-order valence-electron chi connectivity index (χ2n) is 7.77. The molecule has 0 radical (unpaired) electrons. The molecule has 9 heteroatoms. The molecule has 0 aromatic heterocycles. The number of aliphatic carboxylic acids is 1. The average Bonchev–Trinajstić information content (AvgIpc) is 3.05. The van der Waals surface area contributed by atoms with Gasteiger partial charge in [-0.1, -0.05) is 24.3 Å². The number of urea groups is 1. The van der Waals surface area contributed by atoms with E-state index >= 15 is 0 Å². The highest BCUT2D eigenvalue weighted by Crippen LogP contribution is 2.32. The van der Waals surface area contributed by atoms with E-state index in [1.165, 1.54) is 18.9 Å². The topological polar surface area (TPSA) is 111 Å². The molecule has 3 N–H and O–H groups in total. The summed E-state index contributed by atoms with van der Waals surface area (Å²) in [4.78, 5) is 39.3. The lowest BCUT2D eigenvalue weighted by Gasteiger charge is -2.25. The number of amides is 3. The number of nitrogens with one attached hydrogen (secondary N) is 2. The minimum atomic E-state index is -0.909. The fraction of sp³-hybridized carbons (Fsp3) is 0.192. The average molecular weight is 477 g/mol. The third-order valence-corrected chi connectivity index (χ3v) is 5.20. The molecule has 0 spiro atoms. The van der Waals surface area contributed by atoms with Crippen LogP contribution in [-0.2, 0) is 9.59 Å². The van der Waals surface area contributed by atoms with Gasteiger partial charge in [-0.2, -0.15) is 0 Å². The Balaban J connectivity index is 1.84. The maximum atomic E-state index is 12.6. The first-order valence-corrected chi connectivity index (χ1v) is 10.9. The van der Waals surface area contributed by atoms with Gasteiger partial charge < -0.3 is 25.4 Å². The third kappa shape index (κ3) is 6.73. The van der Waals surface area contributed by atoms with Crippen molar-refractivity contribution in [3.05, 3.63) is 84.4 Å². The number of carbonyl (C=O) groups excluding carboxylic acids is 2. The van der Waals surface area contributed by atoms with Crippen LogP contribution in [0.2, 0.25) is 0 Å². The van der Waals surface area contributed by atoms with Crippen molar-refractivity contribution in [2.45, 2.75) is 20.3 Å². The van der Waals surface area contributed by atoms with Crippen LogP contribution in [0, 0.1) is 6.92 Å². The Labute approximate surface area is 204 Å². The summed E-state index contributed by atoms with van der Waals surface area (Å²) in [6.45, 7) is 3.59. The Morgan fingerprint density at radius 3 is 2.49 bits per heavy atom. The molecule has 0 aliphatic carbocycles. The predicted octanol–water partition coefficient (Wildman–Crippen LogP) is 4.70. The standard InChI is InChI=1S/C26H28N4O5/c1-18-8-4-5-10-22(18)27-26(34)28-23-12-11-20(16-24(23)35-3)30(19(2)31)21-9-6-7-14-29(17-21)15-13-25(32)33/h4-12,14,16-17H,13,15H2,1-3H3,(H,32,33)(H2,27,28,34). The number of allylic oxidation sites excluding steroid dienone is 3. The zero-order valence-corrected chi connectivity index (χ0v) is 19.8. The first-order valence-electron chi connectivity index (χ1n) is 10.9. The van der Waals surface area contributed by atoms with E-state index in [9.17, 15) is 14.4 Å². The number of rotatable bonds is 8. The van der Waals surface area contributed by atoms with Gasteiger partial charge in [0.2, 0.25) is 5.91 Å². The molecule has 0 saturated carbocycles. The lowest BCUT2D eigenvalue weighted by molar-refractivity contribution is -0.137. The normalized spacial score (nSPS) is 12.4. The molecule has 3 amide bonds. The van der Waals surface area contributed by atoms with Crippen LogP contribution < -0.4 is 20.3 Å². The number of benzene rings is 2. The highest BCUT2D eigenvalue weighted by atomic mass is 16.5. The number of hydrogen-bond donors (Lipinski definition) is 3. The SMILES string of the molecule is COc1cc(N(C(C)=O)C2=CN(CCC(=O)O)C=CC=C2)ccc1NC(=O)Nc1ccccc1C. The Morgan fingerprint density at radius 2 is 1.80 bits per heavy atom. The summed E-state index contributed by atoms with van der Waals surface area (Å²) in [5.41, 5.74) is 3.12. The largest absolute Gasteiger partial charge is 0.494 e. The Kier molecular flexibility index (Phi) is 8.29. The number of nitrogens with zero attached hydrogens (tertiary/aromatic N) is 2. The number of anilines is 3. The number of hydrogen-bond acceptors (Lipinski definition) is 5. The van der Waals surface area contributed by atoms with Crippen molar-refractivity contribution in [1.82, 2.24) is 4.90 Å². The summed E-state index contributed by atoms with van der Waals surface area (Å²) in [5, 5.41) is 14.6. The minimum Gasteiger partial charge on any atom is -0.494 e. The highest BCUT2D eigenvalue weighted by Gasteiger charge is 2.19. The van der Waals surface area contributed by atoms with Crippen LogP contribution in [0.4, 0.5) is 21.9 Å². The highest BCUT2D eigenvalue weighted by molar-refractivity contribution is 6.02. The van der Waals surface area contributed by atoms with E-state index in [2.05, 4.69) is 10.6 Å². The molecule has 1 aliphatic heterocycles. The molecule has 9 nitrogen and oxygen atoms in total. The lowest BCUT2D eigenvalue weighted by Crippen LogP contribution is -2.28. The van der Waals surface area contributed by atoms with Gasteiger partial charge in [0.25, 0.3) is 0 Å². The van der Waals surface area contributed by atoms with Crippen molar-refractivity contribution in [3.63, 3.8) is 0 Å². The van der Waals surface area contributed by atoms with Crippen molar-refractivity contribution in [2.24, 2.45) is 0 Å². The quantitative estimate of drug-likeness (QED) is 0.509. The number of methoxy groups -OCH3 is 1. The molecular weight excluding hydrogens is 448 g/mol. The van der Waals surface area contributed by atoms with Crippen molar-refractivity contribution in [1.29, 1.82) is 0 Å². The number of carboxylic acids is 1. The van der Waals surface area contributed by atoms with Gasteiger partial charge in [0.05, 0.1) is 30.6 Å². The fourth-order valence-electron chi connectivity index (χ4n) is 3.49. The maximum Gasteiger partial charge on any atom is 0.323 e. The van der Waals surface area contributed by atoms with E-state index in [4.69, 9.17) is 9.84 Å². The number of para-hydroxylation sites is 1. The zero-order valence-electron chi connectivity index (χ0n) is 19.8. The van der Waals surface area contributed by atoms with Crippen LogP contribution in [0.5, 0.6) is 5.75 Å². The van der Waals surface area contributed by atoms with Gasteiger partial charge in [0, 0.05) is 37.6 Å². The Hall–Kier alpha value is -4.53. The van der Waals surface area contributed by atoms with E-state index in [1.54, 1.807) is 53.7 Å². The van der Waals surface area contributed by atoms with Crippen LogP contribution in [0.1, 0.15) is 18.9 Å². The van der Waals surface area contributed by atoms with Crippen LogP contribution in [0.15, 0.2) is 78.8 Å². The molecule has 1 heterocycles. The van der Waals surface area contributed by atoms with E-state index in [0.29, 0.717) is 28.5 Å². The van der Waals surface area contributed by atoms with E-state index in [-0.39, 0.29) is 18.9 Å². The lowest BCUT2D eigenvalue weighted by atomic mass is 10.2. The summed E-state index contributed by atoms with van der Waals surface area (Å²) >= 11 is 0. The second kappa shape index (κ2) is 11.6. The molecule has 2 aromatic carbocycles. The predicted molar refractivity (Wildman–Crippen MR) is 135 cm³/mol. The molecule has 0 saturated heterocycles. The number of carbonyl (C=O) groups is 3. The summed E-state index contributed by atoms with van der Waals surface area (Å²) in [6, 6.07) is 12.0. The molecule has 0 atom stereocenters. The molecule has 0 unspecified atom stereocenters. The van der Waals surface area contributed by atoms with Crippen molar-refractivity contribution in [3.8, 4) is 5.75 Å². The van der Waals surface area contributed by atoms with E-state index in [0.717, 1.165) is 5.56 Å². The van der Waals surface area contributed by atoms with Gasteiger partial charge in [-0.25, -0.2) is 4.79 Å². The van der Waals surface area contributed by atoms with Gasteiger partial charge in [0.15, 0.2) is 0 Å². The summed E-state index contributed by atoms with van der Waals surface area (Å²) < 4.78 is 5.48. The van der Waals surface area contributed by atoms with Gasteiger partial charge >= 0.3 is 12.0 Å². The molecule has 0 bridgehead atoms. The van der Waals surface area contributed by atoms with Crippen molar-refractivity contribution < 1.29 is 24.2 Å². The molecule has 3 rings (SSSR count). The van der Waals surface area contributed by atoms with Gasteiger partial charge in [-0.3, -0.25) is 14.5 Å². The van der Waals surface area contributed by atoms with Crippen LogP contribution in [-0.4, -0.2) is 41.6 Å². The first-order chi connectivity index (χ1) is 16.8. The summed E-state index contributed by atoms with van der Waals surface area (Å²) in [6.07, 6.45) is 8.69. The van der Waals surface area contributed by atoms with Crippen molar-refractivity contribution in [2.75, 3.05) is 29.2 Å². The molecule has 0 fully saturated rings. The smallest absolute Gasteiger partial charge is 0.323 e. The fourth-order valence-corrected chi connectivity index (χ4v) is 3.49. The maximum absolute atomic E-state index is 12.6. The minimum absolute atomic E-state index is 0.0487. The molecule has 182 valence electrons. The zero-order chi connectivity index (χ0) is 25.4. The molecule has 35 heavy (non-hydrogen) atoms. The third-order valence-electron chi connectivity index (χ3n) is 5.20. The Bertz CT molecular complexity index is 1200. The van der Waals surface area contributed by atoms with E-state index < -0.39 is 12.0 Å². The van der Waals surface area contributed by atoms with Gasteiger partial charge in [-0.05, 0) is 42.8 Å². The van der Waals surface area contributed by atoms with Crippen LogP contribution in [0.25, 0.3) is 0 Å². The van der Waals surface area contributed by atoms with Crippen LogP contribution in [0.3, 0.4) is 0 Å². The first kappa shape index (κ1) is 25.1. The Morgan fingerprint density at radius 1 is 1.06 bits per heavy atom. The monoisotopic (exact) mass is 476 g/mol. The molecular formula is C26H28N4O5. The van der Waals surface area contributed by atoms with Gasteiger partial charge in [-0.15, -0.1) is 0 Å². The number of carboxylic acid groups (broad SMARTS) is 1.